The number of rotatable bonds is 10. The highest BCUT2D eigenvalue weighted by Gasteiger charge is 2.30. The van der Waals surface area contributed by atoms with Crippen molar-refractivity contribution in [2.24, 2.45) is 0 Å². The Balaban J connectivity index is 1.97. The van der Waals surface area contributed by atoms with Crippen LogP contribution in [0.15, 0.2) is 72.8 Å². The molecule has 0 saturated carbocycles. The lowest BCUT2D eigenvalue weighted by atomic mass is 10.1. The Bertz CT molecular complexity index is 1270. The maximum absolute atomic E-state index is 13.7. The van der Waals surface area contributed by atoms with Gasteiger partial charge in [0.25, 0.3) is 0 Å². The molecule has 3 rings (SSSR count). The van der Waals surface area contributed by atoms with Crippen LogP contribution in [0.5, 0.6) is 0 Å². The SMILES string of the molecule is CC[C@@H](C)NC(=O)[C@H](C)N(Cc1ccccc1)C(=O)CN(c1cccc2ccccc12)S(C)(=O)=O. The van der Waals surface area contributed by atoms with Crippen LogP contribution in [0, 0.1) is 0 Å². The van der Waals surface area contributed by atoms with Crippen LogP contribution in [0.4, 0.5) is 5.69 Å². The van der Waals surface area contributed by atoms with Gasteiger partial charge in [-0.2, -0.15) is 0 Å². The number of sulfonamides is 1. The molecule has 0 fully saturated rings. The number of amides is 2. The molecule has 0 radical (unpaired) electrons. The van der Waals surface area contributed by atoms with Crippen LogP contribution < -0.4 is 9.62 Å². The molecule has 0 aliphatic carbocycles. The van der Waals surface area contributed by atoms with Gasteiger partial charge in [-0.15, -0.1) is 0 Å². The summed E-state index contributed by atoms with van der Waals surface area (Å²) in [6, 6.07) is 21.3. The predicted octanol–water partition coefficient (Wildman–Crippen LogP) is 3.94. The second kappa shape index (κ2) is 11.4. The first-order chi connectivity index (χ1) is 16.6. The molecule has 3 aromatic carbocycles. The highest BCUT2D eigenvalue weighted by Crippen LogP contribution is 2.28. The largest absolute Gasteiger partial charge is 0.352 e. The summed E-state index contributed by atoms with van der Waals surface area (Å²) in [5.41, 5.74) is 1.27. The van der Waals surface area contributed by atoms with E-state index < -0.39 is 28.5 Å². The molecular formula is C27H33N3O4S. The summed E-state index contributed by atoms with van der Waals surface area (Å²) in [6.07, 6.45) is 1.84. The van der Waals surface area contributed by atoms with Gasteiger partial charge in [-0.1, -0.05) is 73.7 Å². The molecule has 0 unspecified atom stereocenters. The maximum Gasteiger partial charge on any atom is 0.244 e. The van der Waals surface area contributed by atoms with Crippen molar-refractivity contribution in [1.82, 2.24) is 10.2 Å². The molecule has 186 valence electrons. The lowest BCUT2D eigenvalue weighted by Crippen LogP contribution is -2.52. The van der Waals surface area contributed by atoms with Crippen molar-refractivity contribution < 1.29 is 18.0 Å². The lowest BCUT2D eigenvalue weighted by molar-refractivity contribution is -0.139. The molecular weight excluding hydrogens is 462 g/mol. The van der Waals surface area contributed by atoms with Crippen LogP contribution in [0.1, 0.15) is 32.8 Å². The van der Waals surface area contributed by atoms with Crippen molar-refractivity contribution in [1.29, 1.82) is 0 Å². The quantitative estimate of drug-likeness (QED) is 0.462. The van der Waals surface area contributed by atoms with Gasteiger partial charge in [-0.25, -0.2) is 8.42 Å². The molecule has 0 heterocycles. The van der Waals surface area contributed by atoms with Gasteiger partial charge in [0.15, 0.2) is 0 Å². The normalized spacial score (nSPS) is 13.1. The molecule has 3 aromatic rings. The van der Waals surface area contributed by atoms with E-state index in [4.69, 9.17) is 0 Å². The van der Waals surface area contributed by atoms with Crippen LogP contribution >= 0.6 is 0 Å². The van der Waals surface area contributed by atoms with Crippen LogP contribution in [-0.4, -0.2) is 50.0 Å². The minimum atomic E-state index is -3.79. The molecule has 2 atom stereocenters. The van der Waals surface area contributed by atoms with E-state index in [2.05, 4.69) is 5.32 Å². The first kappa shape index (κ1) is 26.2. The fourth-order valence-electron chi connectivity index (χ4n) is 3.85. The fourth-order valence-corrected chi connectivity index (χ4v) is 4.71. The van der Waals surface area contributed by atoms with E-state index >= 15 is 0 Å². The number of benzene rings is 3. The highest BCUT2D eigenvalue weighted by atomic mass is 32.2. The van der Waals surface area contributed by atoms with E-state index in [1.165, 1.54) is 4.90 Å². The molecule has 1 N–H and O–H groups in total. The van der Waals surface area contributed by atoms with E-state index in [0.717, 1.165) is 33.3 Å². The molecule has 7 nitrogen and oxygen atoms in total. The van der Waals surface area contributed by atoms with E-state index in [-0.39, 0.29) is 18.5 Å². The number of hydrogen-bond acceptors (Lipinski definition) is 4. The summed E-state index contributed by atoms with van der Waals surface area (Å²) in [5, 5.41) is 4.52. The summed E-state index contributed by atoms with van der Waals surface area (Å²) in [6.45, 7) is 5.31. The van der Waals surface area contributed by atoms with Crippen molar-refractivity contribution in [2.45, 2.75) is 45.8 Å². The van der Waals surface area contributed by atoms with E-state index in [1.54, 1.807) is 19.1 Å². The number of anilines is 1. The van der Waals surface area contributed by atoms with Crippen molar-refractivity contribution in [2.75, 3.05) is 17.1 Å². The minimum Gasteiger partial charge on any atom is -0.352 e. The average molecular weight is 496 g/mol. The highest BCUT2D eigenvalue weighted by molar-refractivity contribution is 7.92. The van der Waals surface area contributed by atoms with E-state index in [0.29, 0.717) is 5.69 Å². The van der Waals surface area contributed by atoms with Gasteiger partial charge in [0.2, 0.25) is 21.8 Å². The van der Waals surface area contributed by atoms with Gasteiger partial charge >= 0.3 is 0 Å². The number of hydrogen-bond donors (Lipinski definition) is 1. The summed E-state index contributed by atoms with van der Waals surface area (Å²) < 4.78 is 26.8. The third kappa shape index (κ3) is 6.60. The van der Waals surface area contributed by atoms with Crippen molar-refractivity contribution >= 4 is 38.3 Å². The standard InChI is InChI=1S/C27H33N3O4S/c1-5-20(2)28-27(32)21(3)29(18-22-12-7-6-8-13-22)26(31)19-30(35(4,33)34)25-17-11-15-23-14-9-10-16-24(23)25/h6-17,20-21H,5,18-19H2,1-4H3,(H,28,32)/t20-,21+/m1/s1. The van der Waals surface area contributed by atoms with Crippen LogP contribution in [0.25, 0.3) is 10.8 Å². The third-order valence-corrected chi connectivity index (χ3v) is 7.21. The fraction of sp³-hybridized carbons (Fsp3) is 0.333. The van der Waals surface area contributed by atoms with Gasteiger partial charge in [0, 0.05) is 18.0 Å². The third-order valence-electron chi connectivity index (χ3n) is 6.08. The molecule has 0 spiro atoms. The zero-order chi connectivity index (χ0) is 25.6. The Labute approximate surface area is 207 Å². The molecule has 8 heteroatoms. The van der Waals surface area contributed by atoms with E-state index in [9.17, 15) is 18.0 Å². The van der Waals surface area contributed by atoms with Crippen molar-refractivity contribution in [3.63, 3.8) is 0 Å². The molecule has 0 saturated heterocycles. The number of fused-ring (bicyclic) bond motifs is 1. The molecule has 0 aliphatic rings. The van der Waals surface area contributed by atoms with Crippen LogP contribution in [0.3, 0.4) is 0 Å². The number of nitrogens with one attached hydrogen (secondary N) is 1. The summed E-state index contributed by atoms with van der Waals surface area (Å²) >= 11 is 0. The average Bonchev–Trinajstić information content (AvgIpc) is 2.84. The zero-order valence-electron chi connectivity index (χ0n) is 20.6. The lowest BCUT2D eigenvalue weighted by Gasteiger charge is -2.32. The Morgan fingerprint density at radius 3 is 2.20 bits per heavy atom. The van der Waals surface area contributed by atoms with Crippen LogP contribution in [-0.2, 0) is 26.2 Å². The smallest absolute Gasteiger partial charge is 0.244 e. The summed E-state index contributed by atoms with van der Waals surface area (Å²) in [4.78, 5) is 28.0. The first-order valence-electron chi connectivity index (χ1n) is 11.7. The van der Waals surface area contributed by atoms with Gasteiger partial charge in [0.1, 0.15) is 12.6 Å². The second-order valence-electron chi connectivity index (χ2n) is 8.77. The number of nitrogens with zero attached hydrogens (tertiary/aromatic N) is 2. The Hall–Kier alpha value is -3.39. The minimum absolute atomic E-state index is 0.0400. The van der Waals surface area contributed by atoms with Gasteiger partial charge < -0.3 is 10.2 Å². The van der Waals surface area contributed by atoms with Crippen molar-refractivity contribution in [3.8, 4) is 0 Å². The molecule has 0 aliphatic heterocycles. The Morgan fingerprint density at radius 1 is 0.914 bits per heavy atom. The van der Waals surface area contributed by atoms with E-state index in [1.807, 2.05) is 74.5 Å². The molecule has 2 amide bonds. The number of carbonyl (C=O) groups is 2. The predicted molar refractivity (Wildman–Crippen MR) is 140 cm³/mol. The Kier molecular flexibility index (Phi) is 8.51. The van der Waals surface area contributed by atoms with Gasteiger partial charge in [-0.05, 0) is 37.3 Å². The molecule has 35 heavy (non-hydrogen) atoms. The number of carbonyl (C=O) groups excluding carboxylic acids is 2. The van der Waals surface area contributed by atoms with Gasteiger partial charge in [0.05, 0.1) is 11.9 Å². The summed E-state index contributed by atoms with van der Waals surface area (Å²) in [7, 11) is -3.79. The van der Waals surface area contributed by atoms with Crippen LogP contribution in [0.2, 0.25) is 0 Å². The van der Waals surface area contributed by atoms with Gasteiger partial charge in [-0.3, -0.25) is 13.9 Å². The Morgan fingerprint density at radius 2 is 1.54 bits per heavy atom. The molecule has 0 bridgehead atoms. The topological polar surface area (TPSA) is 86.8 Å². The molecule has 0 aromatic heterocycles. The maximum atomic E-state index is 13.7. The monoisotopic (exact) mass is 495 g/mol. The van der Waals surface area contributed by atoms with Crippen molar-refractivity contribution in [3.05, 3.63) is 78.4 Å². The zero-order valence-corrected chi connectivity index (χ0v) is 21.5. The first-order valence-corrected chi connectivity index (χ1v) is 13.6. The second-order valence-corrected chi connectivity index (χ2v) is 10.7. The summed E-state index contributed by atoms with van der Waals surface area (Å²) in [5.74, 6) is -0.737.